The second-order valence-electron chi connectivity index (χ2n) is 9.19. The molecule has 3 aromatic rings. The Labute approximate surface area is 180 Å². The van der Waals surface area contributed by atoms with E-state index in [1.165, 1.54) is 15.9 Å². The van der Waals surface area contributed by atoms with Crippen molar-refractivity contribution in [1.82, 2.24) is 10.2 Å². The minimum Gasteiger partial charge on any atom is -0.407 e. The van der Waals surface area contributed by atoms with E-state index >= 15 is 0 Å². The molecule has 0 amide bonds. The number of hydrogen-bond donors (Lipinski definition) is 1. The minimum absolute atomic E-state index is 0.0516. The number of nitrogens with zero attached hydrogens (tertiary/aromatic N) is 2. The number of benzene rings is 2. The van der Waals surface area contributed by atoms with Gasteiger partial charge < -0.3 is 9.53 Å². The van der Waals surface area contributed by atoms with E-state index in [1.807, 2.05) is 6.20 Å². The van der Waals surface area contributed by atoms with E-state index in [0.29, 0.717) is 6.61 Å². The van der Waals surface area contributed by atoms with E-state index < -0.39 is 8.32 Å². The Balaban J connectivity index is 1.75. The van der Waals surface area contributed by atoms with Crippen molar-refractivity contribution in [2.75, 3.05) is 13.2 Å². The Hall–Kier alpha value is -2.34. The van der Waals surface area contributed by atoms with E-state index in [1.54, 1.807) is 6.20 Å². The quantitative estimate of drug-likeness (QED) is 0.621. The third-order valence-electron chi connectivity index (χ3n) is 6.38. The second-order valence-corrected chi connectivity index (χ2v) is 13.5. The van der Waals surface area contributed by atoms with Crippen LogP contribution in [-0.2, 0) is 4.43 Å². The largest absolute Gasteiger partial charge is 0.407 e. The van der Waals surface area contributed by atoms with E-state index in [4.69, 9.17) is 4.43 Å². The Morgan fingerprint density at radius 2 is 1.37 bits per heavy atom. The maximum atomic E-state index is 9.86. The van der Waals surface area contributed by atoms with Gasteiger partial charge in [-0.25, -0.2) is 0 Å². The van der Waals surface area contributed by atoms with Crippen LogP contribution in [0.2, 0.25) is 5.04 Å². The molecule has 0 radical (unpaired) electrons. The van der Waals surface area contributed by atoms with Crippen LogP contribution in [-0.4, -0.2) is 36.8 Å². The first kappa shape index (κ1) is 20.9. The van der Waals surface area contributed by atoms with E-state index in [9.17, 15) is 5.11 Å². The molecule has 0 spiro atoms. The highest BCUT2D eigenvalue weighted by molar-refractivity contribution is 6.99. The molecule has 1 aliphatic rings. The average molecular weight is 419 g/mol. The molecule has 0 saturated heterocycles. The van der Waals surface area contributed by atoms with Gasteiger partial charge in [-0.1, -0.05) is 81.4 Å². The molecule has 0 unspecified atom stereocenters. The van der Waals surface area contributed by atoms with Gasteiger partial charge in [-0.2, -0.15) is 10.2 Å². The lowest BCUT2D eigenvalue weighted by atomic mass is 10.0. The van der Waals surface area contributed by atoms with Gasteiger partial charge in [0.05, 0.1) is 19.0 Å². The molecule has 1 aromatic heterocycles. The molecule has 2 aromatic carbocycles. The zero-order chi connectivity index (χ0) is 21.2. The summed E-state index contributed by atoms with van der Waals surface area (Å²) in [6.07, 6.45) is 4.53. The summed E-state index contributed by atoms with van der Waals surface area (Å²) in [5.41, 5.74) is 2.28. The summed E-state index contributed by atoms with van der Waals surface area (Å²) >= 11 is 0. The summed E-state index contributed by atoms with van der Waals surface area (Å²) in [7, 11) is -2.57. The van der Waals surface area contributed by atoms with Crippen LogP contribution in [0, 0.1) is 0 Å². The van der Waals surface area contributed by atoms with Crippen LogP contribution in [0.3, 0.4) is 0 Å². The maximum absolute atomic E-state index is 9.86. The summed E-state index contributed by atoms with van der Waals surface area (Å²) in [4.78, 5) is 0. The molecule has 0 fully saturated rings. The number of rotatable bonds is 6. The van der Waals surface area contributed by atoms with Crippen molar-refractivity contribution in [3.8, 4) is 0 Å². The maximum Gasteiger partial charge on any atom is 0.261 e. The van der Waals surface area contributed by atoms with Gasteiger partial charge in [-0.3, -0.25) is 0 Å². The highest BCUT2D eigenvalue weighted by atomic mass is 28.4. The lowest BCUT2D eigenvalue weighted by molar-refractivity contribution is 0.237. The van der Waals surface area contributed by atoms with Crippen LogP contribution in [0.4, 0.5) is 0 Å². The first-order chi connectivity index (χ1) is 14.5. The number of hydrogen-bond acceptors (Lipinski definition) is 4. The Morgan fingerprint density at radius 1 is 0.867 bits per heavy atom. The van der Waals surface area contributed by atoms with Crippen molar-refractivity contribution in [3.63, 3.8) is 0 Å². The monoisotopic (exact) mass is 418 g/mol. The van der Waals surface area contributed by atoms with Gasteiger partial charge >= 0.3 is 0 Å². The van der Waals surface area contributed by atoms with Gasteiger partial charge in [0.1, 0.15) is 0 Å². The van der Waals surface area contributed by atoms with E-state index in [-0.39, 0.29) is 23.5 Å². The van der Waals surface area contributed by atoms with Gasteiger partial charge in [0.15, 0.2) is 0 Å². The van der Waals surface area contributed by atoms with Crippen molar-refractivity contribution in [2.45, 2.75) is 44.1 Å². The lowest BCUT2D eigenvalue weighted by Crippen LogP contribution is -2.66. The number of fused-ring (bicyclic) bond motifs is 1. The first-order valence-corrected chi connectivity index (χ1v) is 12.5. The summed E-state index contributed by atoms with van der Waals surface area (Å²) < 4.78 is 7.11. The molecule has 0 bridgehead atoms. The Morgan fingerprint density at radius 3 is 1.83 bits per heavy atom. The molecule has 4 rings (SSSR count). The van der Waals surface area contributed by atoms with Crippen molar-refractivity contribution in [3.05, 3.63) is 84.2 Å². The minimum atomic E-state index is -2.57. The fraction of sp³-hybridized carbons (Fsp3) is 0.360. The van der Waals surface area contributed by atoms with Crippen molar-refractivity contribution < 1.29 is 9.53 Å². The Kier molecular flexibility index (Phi) is 5.87. The zero-order valence-corrected chi connectivity index (χ0v) is 19.0. The smallest absolute Gasteiger partial charge is 0.261 e. The third-order valence-corrected chi connectivity index (χ3v) is 11.4. The van der Waals surface area contributed by atoms with Crippen LogP contribution >= 0.6 is 0 Å². The fourth-order valence-corrected chi connectivity index (χ4v) is 9.54. The molecule has 0 saturated carbocycles. The lowest BCUT2D eigenvalue weighted by Gasteiger charge is -2.43. The van der Waals surface area contributed by atoms with Crippen LogP contribution < -0.4 is 10.4 Å². The van der Waals surface area contributed by atoms with Gasteiger partial charge in [-0.15, -0.1) is 0 Å². The summed E-state index contributed by atoms with van der Waals surface area (Å²) in [5.74, 6) is 0.331. The topological polar surface area (TPSA) is 55.2 Å². The predicted octanol–water partition coefficient (Wildman–Crippen LogP) is 3.62. The molecular formula is C25H30N2O2Si. The van der Waals surface area contributed by atoms with Crippen molar-refractivity contribution in [2.24, 2.45) is 0 Å². The van der Waals surface area contributed by atoms with Crippen LogP contribution in [0.25, 0.3) is 0 Å². The highest BCUT2D eigenvalue weighted by Gasteiger charge is 2.50. The molecule has 1 N–H and O–H groups in total. The van der Waals surface area contributed by atoms with Crippen molar-refractivity contribution >= 4 is 18.7 Å². The highest BCUT2D eigenvalue weighted by Crippen LogP contribution is 2.43. The van der Waals surface area contributed by atoms with Gasteiger partial charge in [0, 0.05) is 18.4 Å². The molecule has 2 atom stereocenters. The predicted molar refractivity (Wildman–Crippen MR) is 123 cm³/mol. The normalized spacial score (nSPS) is 18.9. The molecule has 5 heteroatoms. The average Bonchev–Trinajstić information content (AvgIpc) is 3.13. The van der Waals surface area contributed by atoms with Crippen molar-refractivity contribution in [1.29, 1.82) is 0 Å². The third kappa shape index (κ3) is 3.62. The molecule has 156 valence electrons. The van der Waals surface area contributed by atoms with E-state index in [0.717, 1.165) is 12.0 Å². The molecule has 1 heterocycles. The van der Waals surface area contributed by atoms with Gasteiger partial charge in [0.25, 0.3) is 8.32 Å². The summed E-state index contributed by atoms with van der Waals surface area (Å²) in [6.45, 7) is 7.63. The van der Waals surface area contributed by atoms with Crippen LogP contribution in [0.5, 0.6) is 0 Å². The first-order valence-electron chi connectivity index (χ1n) is 10.6. The zero-order valence-electron chi connectivity index (χ0n) is 18.0. The van der Waals surface area contributed by atoms with Crippen LogP contribution in [0.15, 0.2) is 73.1 Å². The van der Waals surface area contributed by atoms with E-state index in [2.05, 4.69) is 91.6 Å². The molecule has 1 aliphatic carbocycles. The Bertz CT molecular complexity index is 934. The van der Waals surface area contributed by atoms with Crippen LogP contribution in [0.1, 0.15) is 50.2 Å². The van der Waals surface area contributed by atoms with Gasteiger partial charge in [0.2, 0.25) is 0 Å². The number of aliphatic hydroxyl groups is 1. The SMILES string of the molecule is CC(C)(C)[Si](OC[C@H]1C[C@@H](CO)c2cnncc21)(c1ccccc1)c1ccccc1. The number of aliphatic hydroxyl groups excluding tert-OH is 1. The summed E-state index contributed by atoms with van der Waals surface area (Å²) in [5, 5.41) is 20.5. The van der Waals surface area contributed by atoms with Gasteiger partial charge in [-0.05, 0) is 33.0 Å². The number of aromatic nitrogens is 2. The molecular weight excluding hydrogens is 388 g/mol. The fourth-order valence-electron chi connectivity index (χ4n) is 4.94. The second kappa shape index (κ2) is 8.42. The molecule has 30 heavy (non-hydrogen) atoms. The molecule has 4 nitrogen and oxygen atoms in total. The molecule has 0 aliphatic heterocycles. The standard InChI is InChI=1S/C25H30N2O2Si/c1-25(2,3)30(21-10-6-4-7-11-21,22-12-8-5-9-13-22)29-18-20-14-19(17-28)23-15-26-27-16-24(20)23/h4-13,15-16,19-20,28H,14,17-18H2,1-3H3/t19-,20+/m0/s1. The summed E-state index contributed by atoms with van der Waals surface area (Å²) in [6, 6.07) is 21.4.